The number of hydrogen-bond acceptors (Lipinski definition) is 6. The summed E-state index contributed by atoms with van der Waals surface area (Å²) in [4.78, 5) is 14.8. The Bertz CT molecular complexity index is 1190. The van der Waals surface area contributed by atoms with Gasteiger partial charge in [-0.25, -0.2) is 8.42 Å². The molecule has 1 aliphatic heterocycles. The van der Waals surface area contributed by atoms with Crippen LogP contribution in [-0.4, -0.2) is 31.1 Å². The van der Waals surface area contributed by atoms with Crippen molar-refractivity contribution in [1.82, 2.24) is 10.2 Å². The number of fused-ring (bicyclic) bond motifs is 1. The summed E-state index contributed by atoms with van der Waals surface area (Å²) in [5, 5.41) is 9.16. The summed E-state index contributed by atoms with van der Waals surface area (Å²) in [6.45, 7) is 2.36. The van der Waals surface area contributed by atoms with E-state index in [0.29, 0.717) is 23.0 Å². The minimum Gasteiger partial charge on any atom is -0.312 e. The van der Waals surface area contributed by atoms with Gasteiger partial charge in [0, 0.05) is 17.3 Å². The molecule has 1 aliphatic rings. The Morgan fingerprint density at radius 3 is 2.67 bits per heavy atom. The second-order valence-electron chi connectivity index (χ2n) is 6.97. The van der Waals surface area contributed by atoms with Gasteiger partial charge in [-0.15, -0.1) is 10.2 Å². The zero-order valence-electron chi connectivity index (χ0n) is 16.1. The first-order valence-electron chi connectivity index (χ1n) is 9.32. The molecule has 156 valence electrons. The molecule has 7 nitrogen and oxygen atoms in total. The van der Waals surface area contributed by atoms with Crippen LogP contribution in [-0.2, 0) is 27.7 Å². The fourth-order valence-corrected chi connectivity index (χ4v) is 5.38. The monoisotopic (exact) mass is 462 g/mol. The highest BCUT2D eigenvalue weighted by Gasteiger charge is 2.25. The van der Waals surface area contributed by atoms with Gasteiger partial charge in [-0.2, -0.15) is 0 Å². The number of rotatable bonds is 5. The maximum absolute atomic E-state index is 12.9. The number of hydrogen-bond donors (Lipinski definition) is 1. The van der Waals surface area contributed by atoms with Gasteiger partial charge < -0.3 is 4.90 Å². The molecule has 1 amide bonds. The third-order valence-corrected chi connectivity index (χ3v) is 7.27. The molecule has 1 aromatic heterocycles. The van der Waals surface area contributed by atoms with Crippen molar-refractivity contribution >= 4 is 49.7 Å². The molecule has 0 saturated carbocycles. The van der Waals surface area contributed by atoms with Gasteiger partial charge in [-0.05, 0) is 61.2 Å². The lowest BCUT2D eigenvalue weighted by Gasteiger charge is -2.30. The molecule has 0 spiro atoms. The number of carbonyl (C=O) groups excluding carboxylic acids is 1. The van der Waals surface area contributed by atoms with Gasteiger partial charge in [0.05, 0.1) is 11.3 Å². The molecule has 0 aliphatic carbocycles. The lowest BCUT2D eigenvalue weighted by Crippen LogP contribution is -2.36. The second-order valence-corrected chi connectivity index (χ2v) is 10.3. The molecule has 0 fully saturated rings. The number of benzene rings is 2. The van der Waals surface area contributed by atoms with E-state index in [9.17, 15) is 13.2 Å². The molecule has 1 N–H and O–H groups in total. The molecular formula is C20H19ClN4O3S2. The van der Waals surface area contributed by atoms with E-state index in [1.54, 1.807) is 36.1 Å². The summed E-state index contributed by atoms with van der Waals surface area (Å²) in [5.41, 5.74) is 2.47. The molecule has 3 aromatic rings. The molecule has 2 aromatic carbocycles. The van der Waals surface area contributed by atoms with Crippen molar-refractivity contribution in [2.24, 2.45) is 0 Å². The van der Waals surface area contributed by atoms with Crippen molar-refractivity contribution in [3.8, 4) is 0 Å². The SMILES string of the molecule is Cc1nnc(NS(=O)(=O)c2ccc3c(c2)CCCN3C(=O)Cc2ccc(Cl)cc2)s1. The lowest BCUT2D eigenvalue weighted by atomic mass is 10.0. The smallest absolute Gasteiger partial charge is 0.263 e. The Balaban J connectivity index is 1.56. The summed E-state index contributed by atoms with van der Waals surface area (Å²) in [6.07, 6.45) is 1.74. The maximum atomic E-state index is 12.9. The third-order valence-electron chi connectivity index (χ3n) is 4.80. The third kappa shape index (κ3) is 4.48. The number of halogens is 1. The highest BCUT2D eigenvalue weighted by Crippen LogP contribution is 2.31. The van der Waals surface area contributed by atoms with Crippen LogP contribution in [0.2, 0.25) is 5.02 Å². The second kappa shape index (κ2) is 8.33. The zero-order valence-corrected chi connectivity index (χ0v) is 18.5. The largest absolute Gasteiger partial charge is 0.312 e. The Morgan fingerprint density at radius 1 is 1.20 bits per heavy atom. The van der Waals surface area contributed by atoms with Crippen LogP contribution < -0.4 is 9.62 Å². The summed E-state index contributed by atoms with van der Waals surface area (Å²) in [5.74, 6) is -0.0312. The molecule has 10 heteroatoms. The van der Waals surface area contributed by atoms with Crippen LogP contribution in [0.1, 0.15) is 22.6 Å². The van der Waals surface area contributed by atoms with Gasteiger partial charge in [-0.3, -0.25) is 9.52 Å². The molecule has 2 heterocycles. The van der Waals surface area contributed by atoms with E-state index >= 15 is 0 Å². The van der Waals surface area contributed by atoms with E-state index in [1.807, 2.05) is 12.1 Å². The van der Waals surface area contributed by atoms with E-state index < -0.39 is 10.0 Å². The van der Waals surface area contributed by atoms with Gasteiger partial charge in [0.15, 0.2) is 0 Å². The highest BCUT2D eigenvalue weighted by molar-refractivity contribution is 7.93. The van der Waals surface area contributed by atoms with Crippen molar-refractivity contribution in [2.75, 3.05) is 16.2 Å². The Morgan fingerprint density at radius 2 is 1.97 bits per heavy atom. The molecule has 0 radical (unpaired) electrons. The van der Waals surface area contributed by atoms with E-state index in [2.05, 4.69) is 14.9 Å². The minimum absolute atomic E-state index is 0.0312. The van der Waals surface area contributed by atoms with Crippen molar-refractivity contribution in [2.45, 2.75) is 31.1 Å². The average molecular weight is 463 g/mol. The molecule has 0 unspecified atom stereocenters. The van der Waals surface area contributed by atoms with E-state index in [1.165, 1.54) is 17.4 Å². The number of sulfonamides is 1. The van der Waals surface area contributed by atoms with Gasteiger partial charge >= 0.3 is 0 Å². The van der Waals surface area contributed by atoms with E-state index in [-0.39, 0.29) is 22.4 Å². The van der Waals surface area contributed by atoms with Crippen LogP contribution in [0.25, 0.3) is 0 Å². The van der Waals surface area contributed by atoms with Crippen LogP contribution in [0.4, 0.5) is 10.8 Å². The number of aromatic nitrogens is 2. The molecule has 0 saturated heterocycles. The summed E-state index contributed by atoms with van der Waals surface area (Å²) in [6, 6.07) is 12.0. The molecule has 0 bridgehead atoms. The summed E-state index contributed by atoms with van der Waals surface area (Å²) >= 11 is 7.08. The van der Waals surface area contributed by atoms with Gasteiger partial charge in [0.1, 0.15) is 5.01 Å². The number of carbonyl (C=O) groups is 1. The topological polar surface area (TPSA) is 92.3 Å². The number of anilines is 2. The van der Waals surface area contributed by atoms with Crippen LogP contribution in [0.15, 0.2) is 47.4 Å². The fraction of sp³-hybridized carbons (Fsp3) is 0.250. The van der Waals surface area contributed by atoms with Crippen LogP contribution in [0.3, 0.4) is 0 Å². The van der Waals surface area contributed by atoms with Gasteiger partial charge in [0.25, 0.3) is 10.0 Å². The van der Waals surface area contributed by atoms with Crippen LogP contribution >= 0.6 is 22.9 Å². The first-order valence-corrected chi connectivity index (χ1v) is 12.0. The van der Waals surface area contributed by atoms with Crippen molar-refractivity contribution < 1.29 is 13.2 Å². The minimum atomic E-state index is -3.78. The molecule has 4 rings (SSSR count). The quantitative estimate of drug-likeness (QED) is 0.622. The number of nitrogens with zero attached hydrogens (tertiary/aromatic N) is 3. The molecule has 0 atom stereocenters. The first kappa shape index (κ1) is 20.8. The molecule has 30 heavy (non-hydrogen) atoms. The van der Waals surface area contributed by atoms with Crippen molar-refractivity contribution in [3.63, 3.8) is 0 Å². The first-order chi connectivity index (χ1) is 14.3. The van der Waals surface area contributed by atoms with Crippen LogP contribution in [0, 0.1) is 6.92 Å². The number of aryl methyl sites for hydroxylation is 2. The normalized spacial score (nSPS) is 13.7. The zero-order chi connectivity index (χ0) is 21.3. The predicted molar refractivity (Wildman–Crippen MR) is 118 cm³/mol. The van der Waals surface area contributed by atoms with Gasteiger partial charge in [-0.1, -0.05) is 35.1 Å². The summed E-state index contributed by atoms with van der Waals surface area (Å²) in [7, 11) is -3.78. The number of amides is 1. The van der Waals surface area contributed by atoms with Crippen molar-refractivity contribution in [1.29, 1.82) is 0 Å². The van der Waals surface area contributed by atoms with Crippen molar-refractivity contribution in [3.05, 3.63) is 63.6 Å². The Labute approximate surface area is 183 Å². The molecular weight excluding hydrogens is 444 g/mol. The standard InChI is InChI=1S/C20H19ClN4O3S2/c1-13-22-23-20(29-13)24-30(27,28)17-8-9-18-15(12-17)3-2-10-25(18)19(26)11-14-4-6-16(21)7-5-14/h4-9,12H,2-3,10-11H2,1H3,(H,23,24). The Hall–Kier alpha value is -2.49. The summed E-state index contributed by atoms with van der Waals surface area (Å²) < 4.78 is 27.9. The van der Waals surface area contributed by atoms with Crippen LogP contribution in [0.5, 0.6) is 0 Å². The van der Waals surface area contributed by atoms with Gasteiger partial charge in [0.2, 0.25) is 11.0 Å². The highest BCUT2D eigenvalue weighted by atomic mass is 35.5. The van der Waals surface area contributed by atoms with E-state index in [4.69, 9.17) is 11.6 Å². The predicted octanol–water partition coefficient (Wildman–Crippen LogP) is 3.82. The van der Waals surface area contributed by atoms with E-state index in [0.717, 1.165) is 23.2 Å². The lowest BCUT2D eigenvalue weighted by molar-refractivity contribution is -0.118. The fourth-order valence-electron chi connectivity index (χ4n) is 3.38. The average Bonchev–Trinajstić information content (AvgIpc) is 3.12. The Kier molecular flexibility index (Phi) is 5.77. The number of nitrogens with one attached hydrogen (secondary N) is 1. The maximum Gasteiger partial charge on any atom is 0.263 e.